The lowest BCUT2D eigenvalue weighted by Crippen LogP contribution is -2.07. The second-order valence-corrected chi connectivity index (χ2v) is 10.9. The Morgan fingerprint density at radius 2 is 1.57 bits per heavy atom. The molecule has 0 bridgehead atoms. The Morgan fingerprint density at radius 3 is 2.27 bits per heavy atom. The first-order valence-corrected chi connectivity index (χ1v) is 14.9. The summed E-state index contributed by atoms with van der Waals surface area (Å²) in [4.78, 5) is 21.0. The fraction of sp³-hybridized carbons (Fsp3) is 0.656. The van der Waals surface area contributed by atoms with Gasteiger partial charge in [0.2, 0.25) is 0 Å². The molecule has 2 aromatic rings. The second kappa shape index (κ2) is 17.3. The van der Waals surface area contributed by atoms with Gasteiger partial charge in [0, 0.05) is 30.8 Å². The molecule has 0 radical (unpaired) electrons. The summed E-state index contributed by atoms with van der Waals surface area (Å²) in [5.74, 6) is 1.95. The van der Waals surface area contributed by atoms with Crippen molar-refractivity contribution in [1.29, 1.82) is 0 Å². The van der Waals surface area contributed by atoms with E-state index in [1.807, 2.05) is 12.1 Å². The van der Waals surface area contributed by atoms with Crippen molar-refractivity contribution in [3.05, 3.63) is 42.2 Å². The molecule has 0 N–H and O–H groups in total. The van der Waals surface area contributed by atoms with Crippen LogP contribution >= 0.6 is 0 Å². The molecule has 1 atom stereocenters. The average Bonchev–Trinajstić information content (AvgIpc) is 3.43. The number of halogens is 1. The van der Waals surface area contributed by atoms with Crippen LogP contribution in [-0.4, -0.2) is 22.1 Å². The number of unbranched alkanes of at least 4 members (excludes halogenated alkanes) is 8. The van der Waals surface area contributed by atoms with Gasteiger partial charge in [0.15, 0.2) is 5.82 Å². The van der Waals surface area contributed by atoms with Gasteiger partial charge in [0.05, 0.1) is 0 Å². The average molecular weight is 511 g/mol. The predicted octanol–water partition coefficient (Wildman–Crippen LogP) is 9.21. The van der Waals surface area contributed by atoms with Crippen LogP contribution in [0.3, 0.4) is 0 Å². The van der Waals surface area contributed by atoms with E-state index >= 15 is 0 Å². The number of hydrogen-bond donors (Lipinski definition) is 0. The lowest BCUT2D eigenvalue weighted by Gasteiger charge is -2.09. The fourth-order valence-electron chi connectivity index (χ4n) is 5.32. The Bertz CT molecular complexity index is 879. The van der Waals surface area contributed by atoms with Crippen LogP contribution in [0.5, 0.6) is 5.75 Å². The van der Waals surface area contributed by atoms with Crippen LogP contribution in [0, 0.1) is 5.92 Å². The lowest BCUT2D eigenvalue weighted by molar-refractivity contribution is -0.134. The highest BCUT2D eigenvalue weighted by Gasteiger charge is 2.14. The molecule has 4 nitrogen and oxygen atoms in total. The summed E-state index contributed by atoms with van der Waals surface area (Å²) in [7, 11) is 0. The third kappa shape index (κ3) is 11.7. The normalized spacial score (nSPS) is 14.6. The van der Waals surface area contributed by atoms with Crippen LogP contribution in [0.25, 0.3) is 11.4 Å². The van der Waals surface area contributed by atoms with Crippen molar-refractivity contribution in [1.82, 2.24) is 9.97 Å². The Labute approximate surface area is 223 Å². The smallest absolute Gasteiger partial charge is 0.311 e. The molecule has 0 unspecified atom stereocenters. The van der Waals surface area contributed by atoms with Crippen LogP contribution < -0.4 is 4.74 Å². The first-order chi connectivity index (χ1) is 18.1. The van der Waals surface area contributed by atoms with Crippen LogP contribution in [0.15, 0.2) is 36.7 Å². The van der Waals surface area contributed by atoms with Crippen molar-refractivity contribution < 1.29 is 13.9 Å². The fourth-order valence-corrected chi connectivity index (χ4v) is 5.32. The number of carbonyl (C=O) groups excluding carboxylic acids is 1. The number of alkyl halides is 1. The van der Waals surface area contributed by atoms with Gasteiger partial charge in [0.25, 0.3) is 0 Å². The molecule has 1 aromatic heterocycles. The summed E-state index contributed by atoms with van der Waals surface area (Å²) >= 11 is 0. The highest BCUT2D eigenvalue weighted by molar-refractivity contribution is 5.72. The third-order valence-electron chi connectivity index (χ3n) is 7.60. The zero-order valence-corrected chi connectivity index (χ0v) is 22.9. The van der Waals surface area contributed by atoms with Crippen LogP contribution in [0.2, 0.25) is 0 Å². The van der Waals surface area contributed by atoms with E-state index in [9.17, 15) is 9.18 Å². The number of hydrogen-bond acceptors (Lipinski definition) is 4. The van der Waals surface area contributed by atoms with Gasteiger partial charge >= 0.3 is 5.97 Å². The summed E-state index contributed by atoms with van der Waals surface area (Å²) in [5.41, 5.74) is 1.66. The number of carbonyl (C=O) groups is 1. The quantitative estimate of drug-likeness (QED) is 0.114. The Hall–Kier alpha value is -2.30. The molecular formula is C32H47FN2O2. The molecule has 37 heavy (non-hydrogen) atoms. The van der Waals surface area contributed by atoms with E-state index in [-0.39, 0.29) is 5.97 Å². The molecule has 1 aromatic carbocycles. The topological polar surface area (TPSA) is 52.1 Å². The van der Waals surface area contributed by atoms with Crippen LogP contribution in [0.1, 0.15) is 122 Å². The monoisotopic (exact) mass is 510 g/mol. The lowest BCUT2D eigenvalue weighted by atomic mass is 9.99. The van der Waals surface area contributed by atoms with Crippen molar-refractivity contribution >= 4 is 5.97 Å². The summed E-state index contributed by atoms with van der Waals surface area (Å²) in [6, 6.07) is 7.27. The minimum absolute atomic E-state index is 0.176. The summed E-state index contributed by atoms with van der Waals surface area (Å²) in [6.07, 6.45) is 22.7. The minimum atomic E-state index is -0.841. The molecule has 1 aliphatic rings. The number of rotatable bonds is 18. The highest BCUT2D eigenvalue weighted by Crippen LogP contribution is 2.29. The number of esters is 1. The number of aromatic nitrogens is 2. The van der Waals surface area contributed by atoms with Gasteiger partial charge in [-0.15, -0.1) is 0 Å². The van der Waals surface area contributed by atoms with E-state index in [1.165, 1.54) is 64.2 Å². The first kappa shape index (κ1) is 29.3. The molecule has 0 amide bonds. The van der Waals surface area contributed by atoms with E-state index in [1.54, 1.807) is 24.5 Å². The molecule has 3 rings (SSSR count). The van der Waals surface area contributed by atoms with Crippen LogP contribution in [-0.2, 0) is 11.2 Å². The van der Waals surface area contributed by atoms with E-state index < -0.39 is 6.17 Å². The predicted molar refractivity (Wildman–Crippen MR) is 149 cm³/mol. The van der Waals surface area contributed by atoms with E-state index in [2.05, 4.69) is 16.9 Å². The molecule has 0 aliphatic heterocycles. The van der Waals surface area contributed by atoms with Gasteiger partial charge < -0.3 is 4.74 Å². The second-order valence-electron chi connectivity index (χ2n) is 10.9. The Balaban J connectivity index is 1.28. The number of benzene rings is 1. The van der Waals surface area contributed by atoms with Gasteiger partial charge in [-0.2, -0.15) is 0 Å². The molecule has 5 heteroatoms. The third-order valence-corrected chi connectivity index (χ3v) is 7.60. The summed E-state index contributed by atoms with van der Waals surface area (Å²) in [6.45, 7) is 2.16. The molecule has 1 heterocycles. The van der Waals surface area contributed by atoms with Crippen molar-refractivity contribution in [2.24, 2.45) is 5.92 Å². The van der Waals surface area contributed by atoms with E-state index in [0.717, 1.165) is 49.1 Å². The summed E-state index contributed by atoms with van der Waals surface area (Å²) < 4.78 is 19.7. The first-order valence-electron chi connectivity index (χ1n) is 14.9. The van der Waals surface area contributed by atoms with Gasteiger partial charge in [-0.05, 0) is 48.6 Å². The molecule has 0 spiro atoms. The zero-order valence-electron chi connectivity index (χ0n) is 22.9. The minimum Gasteiger partial charge on any atom is -0.427 e. The largest absolute Gasteiger partial charge is 0.427 e. The van der Waals surface area contributed by atoms with Crippen LogP contribution in [0.4, 0.5) is 4.39 Å². The Morgan fingerprint density at radius 1 is 0.919 bits per heavy atom. The van der Waals surface area contributed by atoms with Crippen molar-refractivity contribution in [3.63, 3.8) is 0 Å². The molecular weight excluding hydrogens is 463 g/mol. The van der Waals surface area contributed by atoms with Gasteiger partial charge in [-0.1, -0.05) is 96.8 Å². The van der Waals surface area contributed by atoms with Crippen molar-refractivity contribution in [3.8, 4) is 17.1 Å². The highest BCUT2D eigenvalue weighted by atomic mass is 19.1. The summed E-state index contributed by atoms with van der Waals surface area (Å²) in [5, 5.41) is 0. The zero-order chi connectivity index (χ0) is 26.1. The van der Waals surface area contributed by atoms with Gasteiger partial charge in [-0.25, -0.2) is 14.4 Å². The Kier molecular flexibility index (Phi) is 13.6. The molecule has 1 saturated carbocycles. The maximum atomic E-state index is 14.2. The SMILES string of the molecule is CCCCCC[C@@H](F)Cc1cnc(-c2ccc(OC(=O)CCCCCCCCC3CCCC3)cc2)nc1. The van der Waals surface area contributed by atoms with E-state index in [4.69, 9.17) is 4.74 Å². The molecule has 0 saturated heterocycles. The van der Waals surface area contributed by atoms with Gasteiger partial charge in [0.1, 0.15) is 11.9 Å². The molecule has 204 valence electrons. The molecule has 1 fully saturated rings. The van der Waals surface area contributed by atoms with Crippen molar-refractivity contribution in [2.75, 3.05) is 0 Å². The molecule has 1 aliphatic carbocycles. The standard InChI is InChI=1S/C32H47FN2O2/c1-2-3-4-10-17-29(33)23-27-24-34-32(35-25-27)28-19-21-30(22-20-28)37-31(36)18-11-8-6-5-7-9-14-26-15-12-13-16-26/h19-22,24-26,29H,2-18,23H2,1H3/t29-/m1/s1. The maximum Gasteiger partial charge on any atom is 0.311 e. The van der Waals surface area contributed by atoms with Gasteiger partial charge in [-0.3, -0.25) is 4.79 Å². The maximum absolute atomic E-state index is 14.2. The number of ether oxygens (including phenoxy) is 1. The van der Waals surface area contributed by atoms with Crippen molar-refractivity contribution in [2.45, 2.75) is 129 Å². The number of nitrogens with zero attached hydrogens (tertiary/aromatic N) is 2. The van der Waals surface area contributed by atoms with E-state index in [0.29, 0.717) is 30.8 Å².